The van der Waals surface area contributed by atoms with Gasteiger partial charge in [0.2, 0.25) is 0 Å². The van der Waals surface area contributed by atoms with E-state index in [4.69, 9.17) is 4.74 Å². The van der Waals surface area contributed by atoms with Crippen molar-refractivity contribution in [2.24, 2.45) is 0 Å². The Morgan fingerprint density at radius 3 is 2.90 bits per heavy atom. The SMILES string of the molecule is CCCc1ccc(C)n1CC(C)c1[nH]cnc1C(=O)OC. The van der Waals surface area contributed by atoms with Crippen molar-refractivity contribution in [1.82, 2.24) is 14.5 Å². The van der Waals surface area contributed by atoms with Crippen molar-refractivity contribution in [3.8, 4) is 0 Å². The van der Waals surface area contributed by atoms with Crippen LogP contribution in [-0.4, -0.2) is 27.6 Å². The first-order valence-corrected chi connectivity index (χ1v) is 7.35. The molecule has 2 heterocycles. The zero-order chi connectivity index (χ0) is 15.4. The third-order valence-corrected chi connectivity index (χ3v) is 3.79. The van der Waals surface area contributed by atoms with Crippen LogP contribution in [0.1, 0.15) is 53.8 Å². The minimum Gasteiger partial charge on any atom is -0.464 e. The van der Waals surface area contributed by atoms with E-state index in [0.717, 1.165) is 25.1 Å². The molecule has 114 valence electrons. The molecule has 1 N–H and O–H groups in total. The number of methoxy groups -OCH3 is 1. The fourth-order valence-electron chi connectivity index (χ4n) is 2.66. The number of hydrogen-bond donors (Lipinski definition) is 1. The van der Waals surface area contributed by atoms with Gasteiger partial charge in [0.1, 0.15) is 0 Å². The zero-order valence-electron chi connectivity index (χ0n) is 13.1. The van der Waals surface area contributed by atoms with Crippen molar-refractivity contribution in [3.63, 3.8) is 0 Å². The Balaban J connectivity index is 2.22. The lowest BCUT2D eigenvalue weighted by atomic mass is 10.1. The quantitative estimate of drug-likeness (QED) is 0.831. The fraction of sp³-hybridized carbons (Fsp3) is 0.500. The molecule has 2 aromatic rings. The van der Waals surface area contributed by atoms with Crippen LogP contribution in [0.4, 0.5) is 0 Å². The van der Waals surface area contributed by atoms with Crippen LogP contribution in [0.15, 0.2) is 18.5 Å². The predicted molar refractivity (Wildman–Crippen MR) is 81.5 cm³/mol. The van der Waals surface area contributed by atoms with E-state index < -0.39 is 5.97 Å². The maximum atomic E-state index is 11.7. The Bertz CT molecular complexity index is 613. The topological polar surface area (TPSA) is 59.9 Å². The van der Waals surface area contributed by atoms with Gasteiger partial charge in [-0.05, 0) is 25.5 Å². The van der Waals surface area contributed by atoms with Gasteiger partial charge >= 0.3 is 5.97 Å². The molecule has 0 fully saturated rings. The van der Waals surface area contributed by atoms with Gasteiger partial charge in [-0.1, -0.05) is 20.3 Å². The lowest BCUT2D eigenvalue weighted by Gasteiger charge is -2.17. The van der Waals surface area contributed by atoms with Crippen LogP contribution in [0.2, 0.25) is 0 Å². The highest BCUT2D eigenvalue weighted by atomic mass is 16.5. The minimum atomic E-state index is -0.392. The molecule has 0 aromatic carbocycles. The summed E-state index contributed by atoms with van der Waals surface area (Å²) >= 11 is 0. The first-order chi connectivity index (χ1) is 10.1. The number of aromatic amines is 1. The normalized spacial score (nSPS) is 12.4. The lowest BCUT2D eigenvalue weighted by Crippen LogP contribution is -2.14. The molecule has 0 saturated heterocycles. The maximum Gasteiger partial charge on any atom is 0.358 e. The molecule has 2 aromatic heterocycles. The number of H-pyrrole nitrogens is 1. The summed E-state index contributed by atoms with van der Waals surface area (Å²) in [4.78, 5) is 18.9. The van der Waals surface area contributed by atoms with Gasteiger partial charge in [-0.15, -0.1) is 0 Å². The molecule has 0 spiro atoms. The first kappa shape index (κ1) is 15.4. The van der Waals surface area contributed by atoms with Crippen molar-refractivity contribution >= 4 is 5.97 Å². The van der Waals surface area contributed by atoms with E-state index in [1.807, 2.05) is 0 Å². The summed E-state index contributed by atoms with van der Waals surface area (Å²) in [7, 11) is 1.38. The molecule has 0 amide bonds. The van der Waals surface area contributed by atoms with Crippen LogP contribution in [0.3, 0.4) is 0 Å². The van der Waals surface area contributed by atoms with Crippen molar-refractivity contribution in [2.75, 3.05) is 7.11 Å². The summed E-state index contributed by atoms with van der Waals surface area (Å²) < 4.78 is 7.09. The maximum absolute atomic E-state index is 11.7. The second-order valence-electron chi connectivity index (χ2n) is 5.38. The zero-order valence-corrected chi connectivity index (χ0v) is 13.1. The average molecular weight is 289 g/mol. The number of aromatic nitrogens is 3. The number of imidazole rings is 1. The molecule has 21 heavy (non-hydrogen) atoms. The summed E-state index contributed by atoms with van der Waals surface area (Å²) in [5, 5.41) is 0. The smallest absolute Gasteiger partial charge is 0.358 e. The lowest BCUT2D eigenvalue weighted by molar-refractivity contribution is 0.0592. The van der Waals surface area contributed by atoms with E-state index in [-0.39, 0.29) is 5.92 Å². The Kier molecular flexibility index (Phi) is 4.83. The first-order valence-electron chi connectivity index (χ1n) is 7.35. The Hall–Kier alpha value is -2.04. The van der Waals surface area contributed by atoms with Crippen molar-refractivity contribution in [2.45, 2.75) is 46.1 Å². The molecule has 0 aliphatic rings. The standard InChI is InChI=1S/C16H23N3O2/c1-5-6-13-8-7-12(3)19(13)9-11(2)14-15(16(20)21-4)18-10-17-14/h7-8,10-11H,5-6,9H2,1-4H3,(H,17,18). The number of nitrogens with one attached hydrogen (secondary N) is 1. The fourth-order valence-corrected chi connectivity index (χ4v) is 2.66. The van der Waals surface area contributed by atoms with Crippen molar-refractivity contribution < 1.29 is 9.53 Å². The van der Waals surface area contributed by atoms with Crippen LogP contribution in [0, 0.1) is 6.92 Å². The number of ether oxygens (including phenoxy) is 1. The van der Waals surface area contributed by atoms with Crippen molar-refractivity contribution in [3.05, 3.63) is 41.2 Å². The summed E-state index contributed by atoms with van der Waals surface area (Å²) in [6.07, 6.45) is 3.73. The molecule has 5 nitrogen and oxygen atoms in total. The van der Waals surface area contributed by atoms with Crippen molar-refractivity contribution in [1.29, 1.82) is 0 Å². The summed E-state index contributed by atoms with van der Waals surface area (Å²) in [5.41, 5.74) is 3.79. The third kappa shape index (κ3) is 3.17. The average Bonchev–Trinajstić information content (AvgIpc) is 3.08. The Morgan fingerprint density at radius 1 is 1.48 bits per heavy atom. The molecule has 5 heteroatoms. The van der Waals surface area contributed by atoms with Gasteiger partial charge in [-0.25, -0.2) is 9.78 Å². The molecule has 0 aliphatic heterocycles. The number of esters is 1. The van der Waals surface area contributed by atoms with Crippen LogP contribution >= 0.6 is 0 Å². The molecule has 0 aliphatic carbocycles. The largest absolute Gasteiger partial charge is 0.464 e. The van der Waals surface area contributed by atoms with Crippen LogP contribution in [-0.2, 0) is 17.7 Å². The Labute approximate surface area is 125 Å². The number of hydrogen-bond acceptors (Lipinski definition) is 3. The molecule has 0 bridgehead atoms. The predicted octanol–water partition coefficient (Wildman–Crippen LogP) is 3.06. The third-order valence-electron chi connectivity index (χ3n) is 3.79. The molecular weight excluding hydrogens is 266 g/mol. The second kappa shape index (κ2) is 6.61. The molecule has 2 rings (SSSR count). The second-order valence-corrected chi connectivity index (χ2v) is 5.38. The number of rotatable bonds is 6. The minimum absolute atomic E-state index is 0.156. The molecule has 1 atom stereocenters. The Morgan fingerprint density at radius 2 is 2.24 bits per heavy atom. The van der Waals surface area contributed by atoms with Gasteiger partial charge < -0.3 is 14.3 Å². The summed E-state index contributed by atoms with van der Waals surface area (Å²) in [6, 6.07) is 4.33. The van der Waals surface area contributed by atoms with Gasteiger partial charge in [0.15, 0.2) is 5.69 Å². The summed E-state index contributed by atoms with van der Waals surface area (Å²) in [6.45, 7) is 7.20. The molecule has 1 unspecified atom stereocenters. The summed E-state index contributed by atoms with van der Waals surface area (Å²) in [5.74, 6) is -0.237. The number of carbonyl (C=O) groups excluding carboxylic acids is 1. The van der Waals surface area contributed by atoms with Crippen LogP contribution < -0.4 is 0 Å². The highest BCUT2D eigenvalue weighted by molar-refractivity contribution is 5.88. The molecule has 0 radical (unpaired) electrons. The van der Waals surface area contributed by atoms with E-state index in [2.05, 4.69) is 47.4 Å². The van der Waals surface area contributed by atoms with E-state index in [1.165, 1.54) is 18.5 Å². The van der Waals surface area contributed by atoms with Gasteiger partial charge in [0.05, 0.1) is 19.1 Å². The molecule has 0 saturated carbocycles. The highest BCUT2D eigenvalue weighted by Crippen LogP contribution is 2.22. The molecular formula is C16H23N3O2. The number of carbonyl (C=O) groups is 1. The number of aryl methyl sites for hydroxylation is 2. The number of nitrogens with zero attached hydrogens (tertiary/aromatic N) is 2. The van der Waals surface area contributed by atoms with Gasteiger partial charge in [0, 0.05) is 23.9 Å². The van der Waals surface area contributed by atoms with Gasteiger partial charge in [-0.2, -0.15) is 0 Å². The van der Waals surface area contributed by atoms with E-state index >= 15 is 0 Å². The van der Waals surface area contributed by atoms with E-state index in [1.54, 1.807) is 6.33 Å². The van der Waals surface area contributed by atoms with E-state index in [9.17, 15) is 4.79 Å². The monoisotopic (exact) mass is 289 g/mol. The van der Waals surface area contributed by atoms with Gasteiger partial charge in [0.25, 0.3) is 0 Å². The van der Waals surface area contributed by atoms with Gasteiger partial charge in [-0.3, -0.25) is 0 Å². The van der Waals surface area contributed by atoms with Crippen LogP contribution in [0.5, 0.6) is 0 Å². The highest BCUT2D eigenvalue weighted by Gasteiger charge is 2.21. The van der Waals surface area contributed by atoms with Crippen LogP contribution in [0.25, 0.3) is 0 Å². The van der Waals surface area contributed by atoms with E-state index in [0.29, 0.717) is 5.69 Å².